The first kappa shape index (κ1) is 19.9. The Hall–Kier alpha value is -2.42. The number of alkyl halides is 3. The molecule has 1 amide bonds. The zero-order valence-electron chi connectivity index (χ0n) is 15.4. The average molecular weight is 407 g/mol. The second-order valence-corrected chi connectivity index (χ2v) is 7.09. The van der Waals surface area contributed by atoms with E-state index in [1.807, 2.05) is 30.3 Å². The first-order chi connectivity index (χ1) is 13.9. The summed E-state index contributed by atoms with van der Waals surface area (Å²) in [6.07, 6.45) is -5.33. The van der Waals surface area contributed by atoms with Crippen molar-refractivity contribution in [3.05, 3.63) is 71.3 Å². The van der Waals surface area contributed by atoms with Crippen molar-refractivity contribution in [1.29, 1.82) is 0 Å². The smallest absolute Gasteiger partial charge is 0.370 e. The number of carbonyl (C=O) groups excluding carboxylic acids is 1. The van der Waals surface area contributed by atoms with Gasteiger partial charge in [-0.15, -0.1) is 0 Å². The minimum Gasteiger partial charge on any atom is -0.370 e. The Bertz CT molecular complexity index is 841. The Kier molecular flexibility index (Phi) is 5.58. The number of benzene rings is 2. The molecule has 1 N–H and O–H groups in total. The third-order valence-electron chi connectivity index (χ3n) is 5.11. The third kappa shape index (κ3) is 4.44. The maximum absolute atomic E-state index is 12.7. The Morgan fingerprint density at radius 1 is 1.00 bits per heavy atom. The summed E-state index contributed by atoms with van der Waals surface area (Å²) in [7, 11) is 0. The topological polar surface area (TPSA) is 56.8 Å². The average Bonchev–Trinajstić information content (AvgIpc) is 3.30. The lowest BCUT2D eigenvalue weighted by molar-refractivity contribution is -0.137. The van der Waals surface area contributed by atoms with E-state index in [1.54, 1.807) is 0 Å². The molecule has 4 rings (SSSR count). The summed E-state index contributed by atoms with van der Waals surface area (Å²) in [4.78, 5) is 12.4. The highest BCUT2D eigenvalue weighted by atomic mass is 19.4. The maximum Gasteiger partial charge on any atom is 0.416 e. The van der Waals surface area contributed by atoms with E-state index in [1.165, 1.54) is 0 Å². The van der Waals surface area contributed by atoms with Gasteiger partial charge in [-0.25, -0.2) is 0 Å². The quantitative estimate of drug-likeness (QED) is 0.827. The molecule has 5 nitrogen and oxygen atoms in total. The second kappa shape index (κ2) is 8.14. The van der Waals surface area contributed by atoms with Crippen LogP contribution >= 0.6 is 0 Å². The summed E-state index contributed by atoms with van der Waals surface area (Å²) in [5.74, 6) is -0.467. The van der Waals surface area contributed by atoms with Gasteiger partial charge in [-0.3, -0.25) is 4.79 Å². The van der Waals surface area contributed by atoms with Crippen molar-refractivity contribution in [3.8, 4) is 0 Å². The van der Waals surface area contributed by atoms with E-state index >= 15 is 0 Å². The fraction of sp³-hybridized carbons (Fsp3) is 0.381. The van der Waals surface area contributed by atoms with Gasteiger partial charge in [-0.2, -0.15) is 13.2 Å². The van der Waals surface area contributed by atoms with Crippen LogP contribution in [0.15, 0.2) is 54.6 Å². The maximum atomic E-state index is 12.7. The molecule has 2 aromatic carbocycles. The molecule has 2 saturated heterocycles. The Balaban J connectivity index is 1.32. The predicted molar refractivity (Wildman–Crippen MR) is 97.2 cm³/mol. The van der Waals surface area contributed by atoms with Gasteiger partial charge in [0.2, 0.25) is 0 Å². The van der Waals surface area contributed by atoms with E-state index in [2.05, 4.69) is 5.32 Å². The SMILES string of the molecule is O=C(NC1COC2C(OCc3ccccc3)COC12)c1ccc(C(F)(F)F)cc1. The summed E-state index contributed by atoms with van der Waals surface area (Å²) >= 11 is 0. The number of halogens is 3. The Morgan fingerprint density at radius 3 is 2.38 bits per heavy atom. The highest BCUT2D eigenvalue weighted by Crippen LogP contribution is 2.31. The first-order valence-corrected chi connectivity index (χ1v) is 9.28. The normalized spacial score (nSPS) is 26.3. The van der Waals surface area contributed by atoms with Crippen LogP contribution in [-0.2, 0) is 27.0 Å². The number of hydrogen-bond acceptors (Lipinski definition) is 4. The number of amides is 1. The number of rotatable bonds is 5. The highest BCUT2D eigenvalue weighted by molar-refractivity contribution is 5.94. The van der Waals surface area contributed by atoms with E-state index < -0.39 is 17.6 Å². The number of hydrogen-bond donors (Lipinski definition) is 1. The molecule has 0 aliphatic carbocycles. The van der Waals surface area contributed by atoms with Gasteiger partial charge < -0.3 is 19.5 Å². The first-order valence-electron chi connectivity index (χ1n) is 9.28. The fourth-order valence-electron chi connectivity index (χ4n) is 3.57. The van der Waals surface area contributed by atoms with Crippen LogP contribution in [0.1, 0.15) is 21.5 Å². The number of nitrogens with one attached hydrogen (secondary N) is 1. The van der Waals surface area contributed by atoms with Crippen LogP contribution in [0.25, 0.3) is 0 Å². The molecule has 2 aliphatic rings. The molecule has 0 aromatic heterocycles. The summed E-state index contributed by atoms with van der Waals surface area (Å²) < 4.78 is 55.4. The van der Waals surface area contributed by atoms with Crippen LogP contribution in [0.2, 0.25) is 0 Å². The second-order valence-electron chi connectivity index (χ2n) is 7.09. The van der Waals surface area contributed by atoms with Gasteiger partial charge in [0.05, 0.1) is 31.4 Å². The molecule has 0 radical (unpaired) electrons. The molecule has 4 atom stereocenters. The monoisotopic (exact) mass is 407 g/mol. The molecule has 0 saturated carbocycles. The van der Waals surface area contributed by atoms with Crippen molar-refractivity contribution >= 4 is 5.91 Å². The van der Waals surface area contributed by atoms with Crippen molar-refractivity contribution in [1.82, 2.24) is 5.32 Å². The van der Waals surface area contributed by atoms with Crippen LogP contribution in [0.3, 0.4) is 0 Å². The Labute approximate surface area is 165 Å². The largest absolute Gasteiger partial charge is 0.416 e. The van der Waals surface area contributed by atoms with Crippen LogP contribution in [-0.4, -0.2) is 43.5 Å². The van der Waals surface area contributed by atoms with Crippen LogP contribution in [0, 0.1) is 0 Å². The van der Waals surface area contributed by atoms with Crippen LogP contribution in [0.4, 0.5) is 13.2 Å². The summed E-state index contributed by atoms with van der Waals surface area (Å²) in [5.41, 5.74) is 0.397. The lowest BCUT2D eigenvalue weighted by atomic mass is 10.1. The van der Waals surface area contributed by atoms with Crippen LogP contribution in [0.5, 0.6) is 0 Å². The molecule has 2 aliphatic heterocycles. The highest BCUT2D eigenvalue weighted by Gasteiger charge is 2.48. The predicted octanol–water partition coefficient (Wildman–Crippen LogP) is 3.19. The fourth-order valence-corrected chi connectivity index (χ4v) is 3.57. The molecule has 2 aromatic rings. The summed E-state index contributed by atoms with van der Waals surface area (Å²) in [6, 6.07) is 13.5. The van der Waals surface area contributed by atoms with Gasteiger partial charge in [0.1, 0.15) is 18.3 Å². The van der Waals surface area contributed by atoms with E-state index in [-0.39, 0.29) is 36.5 Å². The van der Waals surface area contributed by atoms with Gasteiger partial charge >= 0.3 is 6.18 Å². The molecule has 154 valence electrons. The number of fused-ring (bicyclic) bond motifs is 1. The third-order valence-corrected chi connectivity index (χ3v) is 5.11. The number of carbonyl (C=O) groups is 1. The molecular weight excluding hydrogens is 387 g/mol. The van der Waals surface area contributed by atoms with E-state index in [9.17, 15) is 18.0 Å². The van der Waals surface area contributed by atoms with Crippen molar-refractivity contribution in [2.45, 2.75) is 37.1 Å². The zero-order chi connectivity index (χ0) is 20.4. The van der Waals surface area contributed by atoms with Gasteiger partial charge in [0.25, 0.3) is 5.91 Å². The molecule has 29 heavy (non-hydrogen) atoms. The Morgan fingerprint density at radius 2 is 1.69 bits per heavy atom. The molecule has 0 spiro atoms. The van der Waals surface area contributed by atoms with Crippen molar-refractivity contribution < 1.29 is 32.2 Å². The van der Waals surface area contributed by atoms with Crippen molar-refractivity contribution in [3.63, 3.8) is 0 Å². The van der Waals surface area contributed by atoms with Gasteiger partial charge in [-0.1, -0.05) is 30.3 Å². The van der Waals surface area contributed by atoms with Crippen molar-refractivity contribution in [2.75, 3.05) is 13.2 Å². The molecule has 0 bridgehead atoms. The van der Waals surface area contributed by atoms with Gasteiger partial charge in [-0.05, 0) is 29.8 Å². The van der Waals surface area contributed by atoms with E-state index in [4.69, 9.17) is 14.2 Å². The van der Waals surface area contributed by atoms with Gasteiger partial charge in [0, 0.05) is 5.56 Å². The van der Waals surface area contributed by atoms with Crippen molar-refractivity contribution in [2.24, 2.45) is 0 Å². The zero-order valence-corrected chi connectivity index (χ0v) is 15.4. The minimum atomic E-state index is -4.44. The molecule has 2 heterocycles. The standard InChI is InChI=1S/C21H20F3NO4/c22-21(23,24)15-8-6-14(7-9-15)20(26)25-16-11-28-19-17(12-29-18(16)19)27-10-13-4-2-1-3-5-13/h1-9,16-19H,10-12H2,(H,25,26). The molecule has 2 fully saturated rings. The summed E-state index contributed by atoms with van der Waals surface area (Å²) in [5, 5.41) is 2.79. The van der Waals surface area contributed by atoms with E-state index in [0.717, 1.165) is 29.8 Å². The van der Waals surface area contributed by atoms with Gasteiger partial charge in [0.15, 0.2) is 0 Å². The molecular formula is C21H20F3NO4. The van der Waals surface area contributed by atoms with Crippen LogP contribution < -0.4 is 5.32 Å². The van der Waals surface area contributed by atoms with E-state index in [0.29, 0.717) is 13.2 Å². The molecule has 8 heteroatoms. The lowest BCUT2D eigenvalue weighted by Crippen LogP contribution is -2.44. The minimum absolute atomic E-state index is 0.149. The molecule has 4 unspecified atom stereocenters. The summed E-state index contributed by atoms with van der Waals surface area (Å²) in [6.45, 7) is 1.05. The number of ether oxygens (including phenoxy) is 3. The lowest BCUT2D eigenvalue weighted by Gasteiger charge is -2.18.